The van der Waals surface area contributed by atoms with Gasteiger partial charge < -0.3 is 15.9 Å². The SMILES string of the molecule is C[N+]1(C)CC(N)Cc2cc(O)c(O)cc21. The van der Waals surface area contributed by atoms with Gasteiger partial charge in [-0.15, -0.1) is 0 Å². The molecule has 82 valence electrons. The zero-order valence-corrected chi connectivity index (χ0v) is 9.07. The number of hydrogen-bond donors (Lipinski definition) is 3. The van der Waals surface area contributed by atoms with Crippen molar-refractivity contribution in [2.45, 2.75) is 12.5 Å². The van der Waals surface area contributed by atoms with E-state index in [1.54, 1.807) is 12.1 Å². The second kappa shape index (κ2) is 3.12. The Kier molecular flexibility index (Phi) is 2.13. The van der Waals surface area contributed by atoms with Crippen LogP contribution in [0.3, 0.4) is 0 Å². The molecule has 1 aliphatic rings. The monoisotopic (exact) mass is 209 g/mol. The molecule has 0 amide bonds. The lowest BCUT2D eigenvalue weighted by Gasteiger charge is -2.37. The number of phenolic OH excluding ortho intramolecular Hbond substituents is 2. The molecule has 2 rings (SSSR count). The molecule has 1 unspecified atom stereocenters. The number of rotatable bonds is 0. The molecule has 0 fully saturated rings. The number of nitrogens with zero attached hydrogens (tertiary/aromatic N) is 1. The van der Waals surface area contributed by atoms with Gasteiger partial charge in [-0.3, -0.25) is 4.48 Å². The third-order valence-electron chi connectivity index (χ3n) is 3.00. The van der Waals surface area contributed by atoms with Crippen LogP contribution in [0, 0.1) is 0 Å². The Morgan fingerprint density at radius 1 is 1.27 bits per heavy atom. The van der Waals surface area contributed by atoms with Gasteiger partial charge in [-0.05, 0) is 12.5 Å². The second-order valence-electron chi connectivity index (χ2n) is 4.80. The first kappa shape index (κ1) is 10.3. The maximum Gasteiger partial charge on any atom is 0.163 e. The highest BCUT2D eigenvalue weighted by Crippen LogP contribution is 2.38. The molecule has 0 aliphatic carbocycles. The zero-order valence-electron chi connectivity index (χ0n) is 9.07. The summed E-state index contributed by atoms with van der Waals surface area (Å²) in [6.07, 6.45) is 0.755. The molecule has 15 heavy (non-hydrogen) atoms. The van der Waals surface area contributed by atoms with Gasteiger partial charge >= 0.3 is 0 Å². The molecule has 4 N–H and O–H groups in total. The van der Waals surface area contributed by atoms with Crippen LogP contribution in [-0.4, -0.2) is 36.9 Å². The average molecular weight is 209 g/mol. The first-order chi connectivity index (χ1) is 6.90. The number of fused-ring (bicyclic) bond motifs is 1. The number of aromatic hydroxyl groups is 2. The fourth-order valence-corrected chi connectivity index (χ4v) is 2.37. The van der Waals surface area contributed by atoms with Gasteiger partial charge in [-0.25, -0.2) is 0 Å². The van der Waals surface area contributed by atoms with Gasteiger partial charge in [0.25, 0.3) is 0 Å². The number of quaternary nitrogens is 1. The molecular weight excluding hydrogens is 192 g/mol. The molecular formula is C11H17N2O2+. The Morgan fingerprint density at radius 3 is 2.53 bits per heavy atom. The first-order valence-corrected chi connectivity index (χ1v) is 5.04. The van der Waals surface area contributed by atoms with Gasteiger partial charge in [0.15, 0.2) is 11.5 Å². The number of hydrogen-bond acceptors (Lipinski definition) is 3. The van der Waals surface area contributed by atoms with Crippen molar-refractivity contribution < 1.29 is 10.2 Å². The van der Waals surface area contributed by atoms with Crippen LogP contribution >= 0.6 is 0 Å². The van der Waals surface area contributed by atoms with Crippen molar-refractivity contribution >= 4 is 5.69 Å². The molecule has 4 heteroatoms. The Labute approximate surface area is 89.1 Å². The smallest absolute Gasteiger partial charge is 0.163 e. The van der Waals surface area contributed by atoms with E-state index >= 15 is 0 Å². The largest absolute Gasteiger partial charge is 0.504 e. The van der Waals surface area contributed by atoms with Crippen molar-refractivity contribution in [1.82, 2.24) is 4.48 Å². The van der Waals surface area contributed by atoms with E-state index in [4.69, 9.17) is 5.73 Å². The van der Waals surface area contributed by atoms with Gasteiger partial charge in [0.2, 0.25) is 0 Å². The minimum absolute atomic E-state index is 0.0598. The first-order valence-electron chi connectivity index (χ1n) is 5.04. The molecule has 1 atom stereocenters. The molecule has 0 saturated carbocycles. The van der Waals surface area contributed by atoms with Gasteiger partial charge in [0, 0.05) is 11.6 Å². The van der Waals surface area contributed by atoms with Gasteiger partial charge in [-0.1, -0.05) is 0 Å². The number of nitrogens with two attached hydrogens (primary N) is 1. The lowest BCUT2D eigenvalue weighted by Crippen LogP contribution is -2.53. The summed E-state index contributed by atoms with van der Waals surface area (Å²) in [5.41, 5.74) is 8.01. The topological polar surface area (TPSA) is 66.5 Å². The summed E-state index contributed by atoms with van der Waals surface area (Å²) in [6, 6.07) is 3.36. The molecule has 4 nitrogen and oxygen atoms in total. The average Bonchev–Trinajstić information content (AvgIpc) is 2.07. The molecule has 0 saturated heterocycles. The van der Waals surface area contributed by atoms with Gasteiger partial charge in [0.1, 0.15) is 5.69 Å². The van der Waals surface area contributed by atoms with E-state index in [2.05, 4.69) is 0 Å². The summed E-state index contributed by atoms with van der Waals surface area (Å²) in [5, 5.41) is 18.9. The highest BCUT2D eigenvalue weighted by molar-refractivity contribution is 5.60. The van der Waals surface area contributed by atoms with Crippen LogP contribution < -0.4 is 10.2 Å². The standard InChI is InChI=1S/C11H16N2O2/c1-13(2)6-8(12)3-7-4-10(14)11(15)5-9(7)13/h4-5,8H,3,6,12H2,1-2H3,(H-,14,15)/p+1. The Morgan fingerprint density at radius 2 is 1.87 bits per heavy atom. The lowest BCUT2D eigenvalue weighted by atomic mass is 9.96. The molecule has 1 aromatic carbocycles. The Bertz CT molecular complexity index is 402. The van der Waals surface area contributed by atoms with E-state index in [0.717, 1.165) is 24.2 Å². The van der Waals surface area contributed by atoms with Crippen molar-refractivity contribution in [3.63, 3.8) is 0 Å². The third-order valence-corrected chi connectivity index (χ3v) is 3.00. The fourth-order valence-electron chi connectivity index (χ4n) is 2.37. The van der Waals surface area contributed by atoms with Crippen molar-refractivity contribution in [2.75, 3.05) is 20.6 Å². The molecule has 1 aliphatic heterocycles. The van der Waals surface area contributed by atoms with Crippen LogP contribution in [0.15, 0.2) is 12.1 Å². The van der Waals surface area contributed by atoms with E-state index < -0.39 is 0 Å². The van der Waals surface area contributed by atoms with E-state index in [9.17, 15) is 10.2 Å². The van der Waals surface area contributed by atoms with Gasteiger partial charge in [-0.2, -0.15) is 0 Å². The van der Waals surface area contributed by atoms with Crippen molar-refractivity contribution in [2.24, 2.45) is 5.73 Å². The summed E-state index contributed by atoms with van der Waals surface area (Å²) < 4.78 is 0.643. The Balaban J connectivity index is 2.58. The van der Waals surface area contributed by atoms with E-state index in [1.165, 1.54) is 0 Å². The summed E-state index contributed by atoms with van der Waals surface area (Å²) in [7, 11) is 4.10. The highest BCUT2D eigenvalue weighted by Gasteiger charge is 2.32. The molecule has 1 aromatic rings. The van der Waals surface area contributed by atoms with E-state index in [1.807, 2.05) is 14.1 Å². The summed E-state index contributed by atoms with van der Waals surface area (Å²) >= 11 is 0. The van der Waals surface area contributed by atoms with Crippen LogP contribution in [0.25, 0.3) is 0 Å². The van der Waals surface area contributed by atoms with Crippen molar-refractivity contribution in [1.29, 1.82) is 0 Å². The number of phenols is 2. The van der Waals surface area contributed by atoms with Crippen LogP contribution in [0.4, 0.5) is 5.69 Å². The predicted octanol–water partition coefficient (Wildman–Crippen LogP) is 0.548. The quantitative estimate of drug-likeness (QED) is 0.432. The van der Waals surface area contributed by atoms with Crippen LogP contribution in [0.5, 0.6) is 11.5 Å². The molecule has 0 bridgehead atoms. The molecule has 0 spiro atoms. The molecule has 0 aromatic heterocycles. The fraction of sp³-hybridized carbons (Fsp3) is 0.455. The van der Waals surface area contributed by atoms with Crippen LogP contribution in [0.2, 0.25) is 0 Å². The van der Waals surface area contributed by atoms with E-state index in [-0.39, 0.29) is 17.5 Å². The zero-order chi connectivity index (χ0) is 11.2. The van der Waals surface area contributed by atoms with E-state index in [0.29, 0.717) is 4.48 Å². The minimum atomic E-state index is -0.0668. The van der Waals surface area contributed by atoms with Crippen molar-refractivity contribution in [3.05, 3.63) is 17.7 Å². The number of benzene rings is 1. The van der Waals surface area contributed by atoms with Crippen LogP contribution in [0.1, 0.15) is 5.56 Å². The highest BCUT2D eigenvalue weighted by atomic mass is 16.3. The summed E-state index contributed by atoms with van der Waals surface area (Å²) in [4.78, 5) is 0. The predicted molar refractivity (Wildman–Crippen MR) is 60.0 cm³/mol. The van der Waals surface area contributed by atoms with Gasteiger partial charge in [0.05, 0.1) is 26.7 Å². The molecule has 1 heterocycles. The van der Waals surface area contributed by atoms with Crippen molar-refractivity contribution in [3.8, 4) is 11.5 Å². The second-order valence-corrected chi connectivity index (χ2v) is 4.80. The molecule has 0 radical (unpaired) electrons. The summed E-state index contributed by atoms with van der Waals surface area (Å²) in [6.45, 7) is 0.844. The maximum atomic E-state index is 9.48. The Hall–Kier alpha value is -1.26. The number of likely N-dealkylation sites (N-methyl/N-ethyl adjacent to an activating group) is 1. The lowest BCUT2D eigenvalue weighted by molar-refractivity contribution is 0.336. The minimum Gasteiger partial charge on any atom is -0.504 e. The van der Waals surface area contributed by atoms with Crippen LogP contribution in [-0.2, 0) is 6.42 Å². The normalized spacial score (nSPS) is 23.5. The third kappa shape index (κ3) is 1.66. The maximum absolute atomic E-state index is 9.48. The summed E-state index contributed by atoms with van der Waals surface area (Å²) in [5.74, 6) is -0.127.